The highest BCUT2D eigenvalue weighted by Crippen LogP contribution is 2.78. The molecule has 0 aromatic rings. The molecule has 5 heteroatoms. The van der Waals surface area contributed by atoms with Crippen molar-refractivity contribution in [3.8, 4) is 0 Å². The van der Waals surface area contributed by atoms with Crippen molar-refractivity contribution < 1.29 is 25.2 Å². The molecule has 1 aliphatic heterocycles. The van der Waals surface area contributed by atoms with Crippen LogP contribution in [0.15, 0.2) is 0 Å². The van der Waals surface area contributed by atoms with E-state index in [-0.39, 0.29) is 46.4 Å². The summed E-state index contributed by atoms with van der Waals surface area (Å²) in [7, 11) is 0. The summed E-state index contributed by atoms with van der Waals surface area (Å²) < 4.78 is 27.4. The Morgan fingerprint density at radius 2 is 1.66 bits per heavy atom. The van der Waals surface area contributed by atoms with Crippen molar-refractivity contribution in [3.63, 3.8) is 0 Å². The van der Waals surface area contributed by atoms with Crippen molar-refractivity contribution in [2.45, 2.75) is 104 Å². The molecular weight excluding hydrogens is 368 g/mol. The van der Waals surface area contributed by atoms with Gasteiger partial charge in [-0.15, -0.1) is 0 Å². The summed E-state index contributed by atoms with van der Waals surface area (Å²) in [5.74, 6) is -0.123. The van der Waals surface area contributed by atoms with Gasteiger partial charge in [-0.25, -0.2) is 0 Å². The Labute approximate surface area is 175 Å². The van der Waals surface area contributed by atoms with Crippen molar-refractivity contribution in [2.24, 2.45) is 33.5 Å². The van der Waals surface area contributed by atoms with Crippen LogP contribution in [-0.4, -0.2) is 36.3 Å². The second kappa shape index (κ2) is 5.77. The zero-order chi connectivity index (χ0) is 21.9. The fourth-order valence-corrected chi connectivity index (χ4v) is 8.72. The van der Waals surface area contributed by atoms with Crippen LogP contribution < -0.4 is 0 Å². The van der Waals surface area contributed by atoms with Gasteiger partial charge < -0.3 is 14.2 Å². The van der Waals surface area contributed by atoms with Crippen LogP contribution in [0.5, 0.6) is 0 Å². The van der Waals surface area contributed by atoms with Crippen LogP contribution in [0.4, 0.5) is 0 Å². The molecule has 0 aromatic carbocycles. The topological polar surface area (TPSA) is 65.1 Å². The molecule has 0 N–H and O–H groups in total. The molecule has 29 heavy (non-hydrogen) atoms. The van der Waals surface area contributed by atoms with Crippen molar-refractivity contribution in [3.05, 3.63) is 0 Å². The van der Waals surface area contributed by atoms with Crippen molar-refractivity contribution in [1.82, 2.24) is 0 Å². The lowest BCUT2D eigenvalue weighted by molar-refractivity contribution is -0.241. The summed E-state index contributed by atoms with van der Waals surface area (Å²) in [6.07, 6.45) is 4.05. The smallest absolute Gasteiger partial charge is 0.302 e. The molecule has 2 bridgehead atoms. The molecule has 1 spiro atoms. The molecule has 4 saturated carbocycles. The lowest BCUT2D eigenvalue weighted by Gasteiger charge is -2.67. The molecule has 1 heterocycles. The Balaban J connectivity index is 1.64. The number of ether oxygens (including phenoxy) is 3. The first-order valence-electron chi connectivity index (χ1n) is 11.8. The van der Waals surface area contributed by atoms with Crippen LogP contribution in [0.25, 0.3) is 0 Å². The second-order valence-electron chi connectivity index (χ2n) is 11.7. The standard InChI is InChI=1S/C24H36O5/c1-13(25)27-17-8-9-21(3,4)15-7-10-24-12-22(5,19-20(24)29-19)18(28-14(2)26)11-16(24)23(15,17)6/h15-20H,7-12H2,1-6H3/t15-,16+,17+,18+,19+,20-,22-,23-,24+/m1/s1/i18D. The number of fused-ring (bicyclic) bond motifs is 5. The van der Waals surface area contributed by atoms with Gasteiger partial charge in [0, 0.05) is 30.1 Å². The third kappa shape index (κ3) is 2.43. The number of epoxide rings is 1. The fourth-order valence-electron chi connectivity index (χ4n) is 8.72. The van der Waals surface area contributed by atoms with Gasteiger partial charge in [-0.2, -0.15) is 0 Å². The number of hydrogen-bond acceptors (Lipinski definition) is 5. The molecule has 5 aliphatic rings. The molecule has 9 atom stereocenters. The normalized spacial score (nSPS) is 56.9. The Morgan fingerprint density at radius 3 is 2.31 bits per heavy atom. The van der Waals surface area contributed by atoms with Gasteiger partial charge in [0.15, 0.2) is 0 Å². The lowest BCUT2D eigenvalue weighted by Crippen LogP contribution is -2.65. The van der Waals surface area contributed by atoms with Crippen LogP contribution >= 0.6 is 0 Å². The first kappa shape index (κ1) is 18.7. The van der Waals surface area contributed by atoms with E-state index in [0.29, 0.717) is 12.3 Å². The van der Waals surface area contributed by atoms with E-state index in [1.54, 1.807) is 0 Å². The minimum atomic E-state index is -1.31. The van der Waals surface area contributed by atoms with Gasteiger partial charge in [-0.1, -0.05) is 27.7 Å². The van der Waals surface area contributed by atoms with Crippen LogP contribution in [0, 0.1) is 33.5 Å². The third-order valence-corrected chi connectivity index (χ3v) is 9.77. The van der Waals surface area contributed by atoms with E-state index in [1.807, 2.05) is 0 Å². The highest BCUT2D eigenvalue weighted by atomic mass is 16.6. The summed E-state index contributed by atoms with van der Waals surface area (Å²) in [5, 5.41) is 0. The minimum absolute atomic E-state index is 0.0109. The SMILES string of the molecule is [2H][C@]1(OC(C)=O)C[C@@H]2[C@]3(CC[C@@H]4C(C)(C)CC[C@H](OC(C)=O)[C@]42C)C[C@@]1(C)[C@H]1O[C@H]13. The number of carbonyl (C=O) groups is 2. The Kier molecular flexibility index (Phi) is 3.71. The molecule has 1 saturated heterocycles. The van der Waals surface area contributed by atoms with Gasteiger partial charge in [-0.3, -0.25) is 9.59 Å². The monoisotopic (exact) mass is 405 g/mol. The zero-order valence-corrected chi connectivity index (χ0v) is 18.7. The zero-order valence-electron chi connectivity index (χ0n) is 19.7. The Hall–Kier alpha value is -1.10. The quantitative estimate of drug-likeness (QED) is 0.507. The van der Waals surface area contributed by atoms with E-state index in [1.165, 1.54) is 13.8 Å². The summed E-state index contributed by atoms with van der Waals surface area (Å²) in [4.78, 5) is 24.1. The molecular formula is C24H36O5. The maximum atomic E-state index is 12.1. The van der Waals surface area contributed by atoms with E-state index < -0.39 is 17.5 Å². The van der Waals surface area contributed by atoms with Crippen LogP contribution in [0.3, 0.4) is 0 Å². The summed E-state index contributed by atoms with van der Waals surface area (Å²) in [6.45, 7) is 12.0. The van der Waals surface area contributed by atoms with Gasteiger partial charge in [0.05, 0.1) is 13.6 Å². The maximum absolute atomic E-state index is 12.1. The first-order valence-corrected chi connectivity index (χ1v) is 11.3. The Morgan fingerprint density at radius 1 is 0.966 bits per heavy atom. The summed E-state index contributed by atoms with van der Waals surface area (Å²) in [5.41, 5.74) is -0.617. The molecule has 5 rings (SSSR count). The molecule has 162 valence electrons. The van der Waals surface area contributed by atoms with Crippen LogP contribution in [0.2, 0.25) is 0 Å². The van der Waals surface area contributed by atoms with Gasteiger partial charge in [0.1, 0.15) is 12.2 Å². The molecule has 4 aliphatic carbocycles. The largest absolute Gasteiger partial charge is 0.462 e. The predicted octanol–water partition coefficient (Wildman–Crippen LogP) is 4.27. The average Bonchev–Trinajstić information content (AvgIpc) is 3.37. The molecule has 0 aromatic heterocycles. The van der Waals surface area contributed by atoms with Gasteiger partial charge >= 0.3 is 11.9 Å². The molecule has 5 nitrogen and oxygen atoms in total. The van der Waals surface area contributed by atoms with Crippen molar-refractivity contribution >= 4 is 11.9 Å². The summed E-state index contributed by atoms with van der Waals surface area (Å²) >= 11 is 0. The van der Waals surface area contributed by atoms with Crippen LogP contribution in [0.1, 0.15) is 81.4 Å². The molecule has 5 fully saturated rings. The number of esters is 2. The first-order chi connectivity index (χ1) is 13.8. The van der Waals surface area contributed by atoms with E-state index in [4.69, 9.17) is 14.2 Å². The number of rotatable bonds is 2. The number of carbonyl (C=O) groups excluding carboxylic acids is 2. The van der Waals surface area contributed by atoms with Crippen molar-refractivity contribution in [1.29, 1.82) is 0 Å². The molecule has 0 unspecified atom stereocenters. The molecule has 0 amide bonds. The van der Waals surface area contributed by atoms with E-state index in [9.17, 15) is 11.0 Å². The van der Waals surface area contributed by atoms with Crippen LogP contribution in [-0.2, 0) is 23.8 Å². The average molecular weight is 406 g/mol. The highest BCUT2D eigenvalue weighted by molar-refractivity contribution is 5.66. The van der Waals surface area contributed by atoms with E-state index in [0.717, 1.165) is 32.1 Å². The van der Waals surface area contributed by atoms with Crippen molar-refractivity contribution in [2.75, 3.05) is 0 Å². The van der Waals surface area contributed by atoms with Gasteiger partial charge in [0.2, 0.25) is 0 Å². The van der Waals surface area contributed by atoms with E-state index in [2.05, 4.69) is 27.7 Å². The Bertz CT molecular complexity index is 811. The number of hydrogen-bond donors (Lipinski definition) is 0. The maximum Gasteiger partial charge on any atom is 0.302 e. The lowest BCUT2D eigenvalue weighted by atomic mass is 9.39. The second-order valence-corrected chi connectivity index (χ2v) is 11.7. The van der Waals surface area contributed by atoms with Gasteiger partial charge in [-0.05, 0) is 55.8 Å². The van der Waals surface area contributed by atoms with Gasteiger partial charge in [0.25, 0.3) is 0 Å². The third-order valence-electron chi connectivity index (χ3n) is 9.77. The van der Waals surface area contributed by atoms with E-state index >= 15 is 0 Å². The fraction of sp³-hybridized carbons (Fsp3) is 0.917. The molecule has 0 radical (unpaired) electrons. The predicted molar refractivity (Wildman–Crippen MR) is 107 cm³/mol. The summed E-state index contributed by atoms with van der Waals surface area (Å²) in [6, 6.07) is 0. The minimum Gasteiger partial charge on any atom is -0.462 e. The highest BCUT2D eigenvalue weighted by Gasteiger charge is 2.80.